The Balaban J connectivity index is 1.27. The number of halogens is 5. The van der Waals surface area contributed by atoms with Crippen molar-refractivity contribution in [1.82, 2.24) is 14.8 Å². The van der Waals surface area contributed by atoms with Gasteiger partial charge in [-0.3, -0.25) is 9.69 Å². The summed E-state index contributed by atoms with van der Waals surface area (Å²) in [6.45, 7) is 0. The van der Waals surface area contributed by atoms with E-state index in [2.05, 4.69) is 56.9 Å². The zero-order valence-corrected chi connectivity index (χ0v) is 23.5. The average Bonchev–Trinajstić information content (AvgIpc) is 3.52. The van der Waals surface area contributed by atoms with Gasteiger partial charge in [-0.15, -0.1) is 23.4 Å². The summed E-state index contributed by atoms with van der Waals surface area (Å²) in [4.78, 5) is 18.3. The molecule has 1 amide bonds. The fourth-order valence-corrected chi connectivity index (χ4v) is 5.70. The van der Waals surface area contributed by atoms with Crippen LogP contribution in [-0.4, -0.2) is 44.2 Å². The van der Waals surface area contributed by atoms with Crippen LogP contribution in [0.5, 0.6) is 5.75 Å². The fourth-order valence-electron chi connectivity index (χ4n) is 3.54. The van der Waals surface area contributed by atoms with E-state index in [4.69, 9.17) is 0 Å². The van der Waals surface area contributed by atoms with Crippen LogP contribution in [-0.2, 0) is 4.79 Å². The standard InChI is InChI=1S/C25H15Br2F3N6O2S/c26-19-2-1-3-20(27)22(19)36-21(37)13-39-24(36)33-32-12-15-4-6-16(7-5-15)23-31-14-35(34-23)17-8-10-18(11-9-17)38-25(28,29)30/h1-12,14H,13H2/b32-12+,33-24-. The number of anilines is 1. The van der Waals surface area contributed by atoms with Gasteiger partial charge in [-0.25, -0.2) is 9.67 Å². The molecular weight excluding hydrogens is 665 g/mol. The van der Waals surface area contributed by atoms with Crippen LogP contribution in [0, 0.1) is 0 Å². The van der Waals surface area contributed by atoms with Gasteiger partial charge in [0.1, 0.15) is 12.1 Å². The molecule has 0 saturated carbocycles. The van der Waals surface area contributed by atoms with Crippen LogP contribution in [0.2, 0.25) is 0 Å². The molecule has 0 radical (unpaired) electrons. The zero-order chi connectivity index (χ0) is 27.6. The molecule has 39 heavy (non-hydrogen) atoms. The predicted octanol–water partition coefficient (Wildman–Crippen LogP) is 6.83. The molecule has 1 aromatic heterocycles. The molecule has 0 aliphatic carbocycles. The number of ether oxygens (including phenoxy) is 1. The number of amides is 1. The molecule has 0 unspecified atom stereocenters. The summed E-state index contributed by atoms with van der Waals surface area (Å²) in [6, 6.07) is 18.1. The Morgan fingerprint density at radius 2 is 1.69 bits per heavy atom. The minimum Gasteiger partial charge on any atom is -0.406 e. The number of rotatable bonds is 6. The molecule has 1 saturated heterocycles. The Morgan fingerprint density at radius 3 is 2.36 bits per heavy atom. The molecule has 1 aliphatic rings. The number of carbonyl (C=O) groups is 1. The number of carbonyl (C=O) groups excluding carboxylic acids is 1. The van der Waals surface area contributed by atoms with Crippen molar-refractivity contribution >= 4 is 66.6 Å². The second-order valence-electron chi connectivity index (χ2n) is 7.89. The van der Waals surface area contributed by atoms with Gasteiger partial charge < -0.3 is 4.74 Å². The Bertz CT molecular complexity index is 1550. The number of nitrogens with zero attached hydrogens (tertiary/aromatic N) is 6. The Morgan fingerprint density at radius 1 is 1.00 bits per heavy atom. The Labute approximate surface area is 240 Å². The van der Waals surface area contributed by atoms with E-state index in [1.54, 1.807) is 6.21 Å². The van der Waals surface area contributed by atoms with E-state index in [0.717, 1.165) is 20.1 Å². The van der Waals surface area contributed by atoms with Crippen LogP contribution < -0.4 is 9.64 Å². The van der Waals surface area contributed by atoms with Crippen molar-refractivity contribution in [3.05, 3.63) is 87.6 Å². The monoisotopic (exact) mass is 678 g/mol. The number of benzene rings is 3. The molecule has 1 fully saturated rings. The van der Waals surface area contributed by atoms with Gasteiger partial charge in [-0.2, -0.15) is 5.10 Å². The lowest BCUT2D eigenvalue weighted by atomic mass is 10.1. The lowest BCUT2D eigenvalue weighted by Gasteiger charge is -2.18. The van der Waals surface area contributed by atoms with Gasteiger partial charge >= 0.3 is 6.36 Å². The van der Waals surface area contributed by atoms with Gasteiger partial charge in [-0.1, -0.05) is 42.1 Å². The lowest BCUT2D eigenvalue weighted by molar-refractivity contribution is -0.274. The summed E-state index contributed by atoms with van der Waals surface area (Å²) in [6.07, 6.45) is -1.71. The maximum atomic E-state index is 12.5. The topological polar surface area (TPSA) is 85.0 Å². The van der Waals surface area contributed by atoms with E-state index < -0.39 is 6.36 Å². The first-order valence-electron chi connectivity index (χ1n) is 11.1. The summed E-state index contributed by atoms with van der Waals surface area (Å²) in [5.41, 5.74) is 2.70. The Kier molecular flexibility index (Phi) is 7.86. The van der Waals surface area contributed by atoms with Crippen molar-refractivity contribution in [2.24, 2.45) is 10.2 Å². The molecule has 5 rings (SSSR count). The summed E-state index contributed by atoms with van der Waals surface area (Å²) < 4.78 is 43.9. The maximum absolute atomic E-state index is 12.5. The minimum atomic E-state index is -4.75. The molecule has 0 bridgehead atoms. The summed E-state index contributed by atoms with van der Waals surface area (Å²) in [5, 5.41) is 13.3. The maximum Gasteiger partial charge on any atom is 0.573 e. The van der Waals surface area contributed by atoms with Crippen molar-refractivity contribution in [2.75, 3.05) is 10.7 Å². The van der Waals surface area contributed by atoms with E-state index in [1.165, 1.54) is 51.9 Å². The predicted molar refractivity (Wildman–Crippen MR) is 150 cm³/mol. The van der Waals surface area contributed by atoms with Crippen molar-refractivity contribution < 1.29 is 22.7 Å². The molecule has 0 spiro atoms. The molecule has 198 valence electrons. The first kappa shape index (κ1) is 27.1. The van der Waals surface area contributed by atoms with E-state index in [-0.39, 0.29) is 17.4 Å². The largest absolute Gasteiger partial charge is 0.573 e. The smallest absolute Gasteiger partial charge is 0.406 e. The summed E-state index contributed by atoms with van der Waals surface area (Å²) in [7, 11) is 0. The van der Waals surface area contributed by atoms with Crippen LogP contribution in [0.3, 0.4) is 0 Å². The van der Waals surface area contributed by atoms with E-state index >= 15 is 0 Å². The lowest BCUT2D eigenvalue weighted by Crippen LogP contribution is -2.29. The van der Waals surface area contributed by atoms with E-state index in [1.807, 2.05) is 42.5 Å². The quantitative estimate of drug-likeness (QED) is 0.165. The van der Waals surface area contributed by atoms with Gasteiger partial charge in [0.2, 0.25) is 5.91 Å². The van der Waals surface area contributed by atoms with Crippen molar-refractivity contribution in [1.29, 1.82) is 0 Å². The highest BCUT2D eigenvalue weighted by atomic mass is 79.9. The molecule has 0 N–H and O–H groups in total. The third-order valence-corrected chi connectivity index (χ3v) is 7.47. The first-order valence-corrected chi connectivity index (χ1v) is 13.6. The number of alkyl halides is 3. The van der Waals surface area contributed by atoms with Gasteiger partial charge in [0.15, 0.2) is 11.0 Å². The number of para-hydroxylation sites is 1. The Hall–Kier alpha value is -3.49. The van der Waals surface area contributed by atoms with E-state index in [9.17, 15) is 18.0 Å². The van der Waals surface area contributed by atoms with Gasteiger partial charge in [0.25, 0.3) is 0 Å². The second kappa shape index (κ2) is 11.3. The zero-order valence-electron chi connectivity index (χ0n) is 19.5. The van der Waals surface area contributed by atoms with Crippen LogP contribution in [0.1, 0.15) is 5.56 Å². The van der Waals surface area contributed by atoms with Gasteiger partial charge in [0.05, 0.1) is 23.3 Å². The van der Waals surface area contributed by atoms with Crippen molar-refractivity contribution in [3.63, 3.8) is 0 Å². The van der Waals surface area contributed by atoms with Gasteiger partial charge in [0, 0.05) is 14.5 Å². The molecule has 4 aromatic rings. The van der Waals surface area contributed by atoms with Gasteiger partial charge in [-0.05, 0) is 73.8 Å². The molecular formula is C25H15Br2F3N6O2S. The number of hydrogen-bond acceptors (Lipinski definition) is 7. The van der Waals surface area contributed by atoms with Crippen molar-refractivity contribution in [3.8, 4) is 22.8 Å². The third kappa shape index (κ3) is 6.40. The van der Waals surface area contributed by atoms with Crippen LogP contribution >= 0.6 is 43.6 Å². The molecule has 2 heterocycles. The number of amidine groups is 1. The SMILES string of the molecule is O=C1CS/C(=N\N=C\c2ccc(-c3ncn(-c4ccc(OC(F)(F)F)cc4)n3)cc2)N1c1c(Br)cccc1Br. The number of aromatic nitrogens is 3. The van der Waals surface area contributed by atoms with Crippen LogP contribution in [0.15, 0.2) is 92.2 Å². The highest BCUT2D eigenvalue weighted by Gasteiger charge is 2.33. The third-order valence-electron chi connectivity index (χ3n) is 5.27. The number of thioether (sulfide) groups is 1. The molecule has 8 nitrogen and oxygen atoms in total. The highest BCUT2D eigenvalue weighted by molar-refractivity contribution is 9.11. The number of hydrogen-bond donors (Lipinski definition) is 0. The highest BCUT2D eigenvalue weighted by Crippen LogP contribution is 2.38. The molecule has 3 aromatic carbocycles. The van der Waals surface area contributed by atoms with Crippen LogP contribution in [0.4, 0.5) is 18.9 Å². The average molecular weight is 680 g/mol. The normalized spacial score (nSPS) is 15.1. The minimum absolute atomic E-state index is 0.0941. The summed E-state index contributed by atoms with van der Waals surface area (Å²) >= 11 is 8.28. The molecule has 1 aliphatic heterocycles. The van der Waals surface area contributed by atoms with Crippen LogP contribution in [0.25, 0.3) is 17.1 Å². The molecule has 14 heteroatoms. The van der Waals surface area contributed by atoms with Crippen molar-refractivity contribution in [2.45, 2.75) is 6.36 Å². The fraction of sp³-hybridized carbons (Fsp3) is 0.0800. The van der Waals surface area contributed by atoms with E-state index in [0.29, 0.717) is 22.4 Å². The second-order valence-corrected chi connectivity index (χ2v) is 10.5. The summed E-state index contributed by atoms with van der Waals surface area (Å²) in [5.74, 6) is 0.288. The first-order chi connectivity index (χ1) is 18.7. The molecule has 0 atom stereocenters.